The van der Waals surface area contributed by atoms with Gasteiger partial charge < -0.3 is 10.1 Å². The molecule has 0 unspecified atom stereocenters. The normalized spacial score (nSPS) is 10.6. The fraction of sp³-hybridized carbons (Fsp3) is 0.286. The van der Waals surface area contributed by atoms with Gasteiger partial charge in [0.05, 0.1) is 3.57 Å². The zero-order chi connectivity index (χ0) is 10.9. The van der Waals surface area contributed by atoms with Crippen LogP contribution in [0, 0.1) is 20.6 Å². The first-order chi connectivity index (χ1) is 6.43. The van der Waals surface area contributed by atoms with Crippen molar-refractivity contribution in [2.45, 2.75) is 13.3 Å². The minimum atomic E-state index is -2.72. The first-order valence-corrected chi connectivity index (χ1v) is 4.61. The number of pyridine rings is 1. The molecule has 76 valence electrons. The molecule has 0 bridgehead atoms. The van der Waals surface area contributed by atoms with Crippen molar-refractivity contribution in [2.75, 3.05) is 0 Å². The molecule has 0 aliphatic rings. The fourth-order valence-corrected chi connectivity index (χ4v) is 1.43. The number of aromatic nitrogens is 1. The maximum absolute atomic E-state index is 12.4. The van der Waals surface area contributed by atoms with Crippen LogP contribution in [-0.4, -0.2) is 9.91 Å². The van der Waals surface area contributed by atoms with Crippen LogP contribution < -0.4 is 0 Å². The van der Waals surface area contributed by atoms with Gasteiger partial charge in [-0.2, -0.15) is 0 Å². The Morgan fingerprint density at radius 2 is 2.21 bits per heavy atom. The first kappa shape index (κ1) is 11.2. The first-order valence-electron chi connectivity index (χ1n) is 3.53. The lowest BCUT2D eigenvalue weighted by molar-refractivity contribution is -0.389. The molecular weight excluding hydrogens is 309 g/mol. The van der Waals surface area contributed by atoms with Crippen molar-refractivity contribution < 1.29 is 13.7 Å². The lowest BCUT2D eigenvalue weighted by Gasteiger charge is -2.03. The smallest absolute Gasteiger partial charge is 0.358 e. The second-order valence-electron chi connectivity index (χ2n) is 2.53. The molecule has 0 fully saturated rings. The molecule has 1 heterocycles. The predicted molar refractivity (Wildman–Crippen MR) is 53.3 cm³/mol. The van der Waals surface area contributed by atoms with Crippen molar-refractivity contribution in [3.63, 3.8) is 0 Å². The summed E-state index contributed by atoms with van der Waals surface area (Å²) in [5.41, 5.74) is -0.0973. The van der Waals surface area contributed by atoms with Crippen LogP contribution in [0.4, 0.5) is 14.6 Å². The molecule has 1 aromatic heterocycles. The number of halogens is 3. The molecule has 14 heavy (non-hydrogen) atoms. The van der Waals surface area contributed by atoms with Crippen LogP contribution in [0.15, 0.2) is 6.07 Å². The SMILES string of the molecule is Cc1nc([N+](=O)[O-])cc(C(F)F)c1I. The highest BCUT2D eigenvalue weighted by molar-refractivity contribution is 14.1. The summed E-state index contributed by atoms with van der Waals surface area (Å²) in [6.07, 6.45) is -2.72. The molecule has 0 N–H and O–H groups in total. The number of rotatable bonds is 2. The van der Waals surface area contributed by atoms with Crippen molar-refractivity contribution in [3.05, 3.63) is 31.0 Å². The van der Waals surface area contributed by atoms with E-state index in [0.29, 0.717) is 0 Å². The maximum Gasteiger partial charge on any atom is 0.364 e. The van der Waals surface area contributed by atoms with Crippen molar-refractivity contribution in [3.8, 4) is 0 Å². The minimum Gasteiger partial charge on any atom is -0.358 e. The Balaban J connectivity index is 3.35. The van der Waals surface area contributed by atoms with Crippen molar-refractivity contribution in [1.29, 1.82) is 0 Å². The standard InChI is InChI=1S/C7H5F2IN2O2/c1-3-6(10)4(7(8)9)2-5(11-3)12(13)14/h2,7H,1H3. The van der Waals surface area contributed by atoms with Crippen LogP contribution in [0.5, 0.6) is 0 Å². The third-order valence-electron chi connectivity index (χ3n) is 1.56. The molecule has 0 amide bonds. The summed E-state index contributed by atoms with van der Waals surface area (Å²) in [6.45, 7) is 1.46. The highest BCUT2D eigenvalue weighted by Gasteiger charge is 2.21. The predicted octanol–water partition coefficient (Wildman–Crippen LogP) is 2.84. The Kier molecular flexibility index (Phi) is 3.29. The van der Waals surface area contributed by atoms with E-state index in [-0.39, 0.29) is 14.8 Å². The molecule has 0 saturated carbocycles. The molecule has 7 heteroatoms. The Hall–Kier alpha value is -0.860. The van der Waals surface area contributed by atoms with Gasteiger partial charge in [0.25, 0.3) is 6.43 Å². The Morgan fingerprint density at radius 1 is 1.64 bits per heavy atom. The van der Waals surface area contributed by atoms with E-state index < -0.39 is 17.2 Å². The quantitative estimate of drug-likeness (QED) is 0.479. The van der Waals surface area contributed by atoms with Gasteiger partial charge in [-0.1, -0.05) is 0 Å². The lowest BCUT2D eigenvalue weighted by atomic mass is 10.2. The number of nitro groups is 1. The summed E-state index contributed by atoms with van der Waals surface area (Å²) in [4.78, 5) is 13.1. The summed E-state index contributed by atoms with van der Waals surface area (Å²) >= 11 is 1.70. The number of aryl methyl sites for hydroxylation is 1. The van der Waals surface area contributed by atoms with E-state index in [9.17, 15) is 18.9 Å². The van der Waals surface area contributed by atoms with Gasteiger partial charge in [0, 0.05) is 18.6 Å². The summed E-state index contributed by atoms with van der Waals surface area (Å²) in [5.74, 6) is -0.543. The lowest BCUT2D eigenvalue weighted by Crippen LogP contribution is -2.00. The summed E-state index contributed by atoms with van der Waals surface area (Å²) in [6, 6.07) is 0.805. The highest BCUT2D eigenvalue weighted by atomic mass is 127. The molecule has 0 aromatic carbocycles. The monoisotopic (exact) mass is 314 g/mol. The van der Waals surface area contributed by atoms with Crippen molar-refractivity contribution >= 4 is 28.4 Å². The van der Waals surface area contributed by atoms with Gasteiger partial charge in [0.1, 0.15) is 0 Å². The summed E-state index contributed by atoms with van der Waals surface area (Å²) in [5, 5.41) is 10.3. The van der Waals surface area contributed by atoms with E-state index in [1.54, 1.807) is 22.6 Å². The second-order valence-corrected chi connectivity index (χ2v) is 3.61. The number of alkyl halides is 2. The number of hydrogen-bond acceptors (Lipinski definition) is 3. The Labute approximate surface area is 91.6 Å². The topological polar surface area (TPSA) is 56.0 Å². The molecule has 1 aromatic rings. The van der Waals surface area contributed by atoms with Crippen LogP contribution in [0.2, 0.25) is 0 Å². The molecule has 1 rings (SSSR count). The fourth-order valence-electron chi connectivity index (χ4n) is 0.917. The van der Waals surface area contributed by atoms with Gasteiger partial charge in [-0.3, -0.25) is 0 Å². The molecule has 0 aliphatic heterocycles. The van der Waals surface area contributed by atoms with Gasteiger partial charge in [-0.05, 0) is 32.5 Å². The maximum atomic E-state index is 12.4. The summed E-state index contributed by atoms with van der Waals surface area (Å²) in [7, 11) is 0. The van der Waals surface area contributed by atoms with E-state index in [0.717, 1.165) is 6.07 Å². The van der Waals surface area contributed by atoms with Crippen molar-refractivity contribution in [2.24, 2.45) is 0 Å². The van der Waals surface area contributed by atoms with E-state index in [1.165, 1.54) is 6.92 Å². The molecular formula is C7H5F2IN2O2. The largest absolute Gasteiger partial charge is 0.364 e. The molecule has 4 nitrogen and oxygen atoms in total. The molecule has 0 atom stereocenters. The van der Waals surface area contributed by atoms with Crippen LogP contribution in [-0.2, 0) is 0 Å². The Morgan fingerprint density at radius 3 is 2.64 bits per heavy atom. The van der Waals surface area contributed by atoms with Crippen LogP contribution in [0.25, 0.3) is 0 Å². The van der Waals surface area contributed by atoms with Gasteiger partial charge in [0.15, 0.2) is 5.69 Å². The van der Waals surface area contributed by atoms with Crippen LogP contribution in [0.1, 0.15) is 17.7 Å². The second kappa shape index (κ2) is 4.11. The van der Waals surface area contributed by atoms with Gasteiger partial charge in [0.2, 0.25) is 0 Å². The molecule has 0 radical (unpaired) electrons. The van der Waals surface area contributed by atoms with Gasteiger partial charge >= 0.3 is 5.82 Å². The van der Waals surface area contributed by atoms with E-state index in [1.807, 2.05) is 0 Å². The zero-order valence-electron chi connectivity index (χ0n) is 7.00. The minimum absolute atomic E-state index is 0.245. The summed E-state index contributed by atoms with van der Waals surface area (Å²) < 4.78 is 25.1. The average molecular weight is 314 g/mol. The van der Waals surface area contributed by atoms with Crippen molar-refractivity contribution in [1.82, 2.24) is 4.98 Å². The third kappa shape index (κ3) is 2.14. The third-order valence-corrected chi connectivity index (χ3v) is 2.96. The van der Waals surface area contributed by atoms with Crippen LogP contribution >= 0.6 is 22.6 Å². The van der Waals surface area contributed by atoms with Crippen LogP contribution in [0.3, 0.4) is 0 Å². The van der Waals surface area contributed by atoms with Gasteiger partial charge in [-0.15, -0.1) is 0 Å². The van der Waals surface area contributed by atoms with E-state index >= 15 is 0 Å². The number of hydrogen-bond donors (Lipinski definition) is 0. The van der Waals surface area contributed by atoms with E-state index in [4.69, 9.17) is 0 Å². The Bertz CT molecular complexity index is 384. The van der Waals surface area contributed by atoms with E-state index in [2.05, 4.69) is 4.98 Å². The number of nitrogens with zero attached hydrogens (tertiary/aromatic N) is 2. The molecule has 0 spiro atoms. The zero-order valence-corrected chi connectivity index (χ0v) is 9.16. The average Bonchev–Trinajstić information content (AvgIpc) is 2.08. The van der Waals surface area contributed by atoms with Gasteiger partial charge in [-0.25, -0.2) is 8.78 Å². The molecule has 0 aliphatic carbocycles. The molecule has 0 saturated heterocycles. The highest BCUT2D eigenvalue weighted by Crippen LogP contribution is 2.28.